The largest absolute Gasteiger partial charge is 0.381 e. The molecule has 3 heterocycles. The summed E-state index contributed by atoms with van der Waals surface area (Å²) >= 11 is 0. The Hall–Kier alpha value is -1.53. The summed E-state index contributed by atoms with van der Waals surface area (Å²) in [5.41, 5.74) is 0.605. The molecule has 1 atom stereocenters. The lowest BCUT2D eigenvalue weighted by atomic mass is 9.74. The minimum absolute atomic E-state index is 0.0111. The lowest BCUT2D eigenvalue weighted by molar-refractivity contribution is -0.0888. The molecule has 0 bridgehead atoms. The van der Waals surface area contributed by atoms with Gasteiger partial charge in [0.25, 0.3) is 5.91 Å². The molecule has 3 fully saturated rings. The Labute approximate surface area is 149 Å². The summed E-state index contributed by atoms with van der Waals surface area (Å²) in [7, 11) is 0. The zero-order valence-corrected chi connectivity index (χ0v) is 15.1. The van der Waals surface area contributed by atoms with E-state index in [2.05, 4.69) is 21.8 Å². The second-order valence-electron chi connectivity index (χ2n) is 7.88. The van der Waals surface area contributed by atoms with Crippen LogP contribution in [-0.2, 0) is 4.74 Å². The molecule has 0 aromatic carbocycles. The topological polar surface area (TPSA) is 58.6 Å². The molecule has 1 spiro atoms. The van der Waals surface area contributed by atoms with Crippen LogP contribution < -0.4 is 0 Å². The van der Waals surface area contributed by atoms with E-state index in [-0.39, 0.29) is 11.4 Å². The summed E-state index contributed by atoms with van der Waals surface area (Å²) in [6, 6.07) is 0. The third-order valence-corrected chi connectivity index (χ3v) is 5.92. The van der Waals surface area contributed by atoms with Crippen LogP contribution in [0.4, 0.5) is 0 Å². The molecule has 2 saturated heterocycles. The Bertz CT molecular complexity index is 599. The summed E-state index contributed by atoms with van der Waals surface area (Å²) in [6.07, 6.45) is 9.85. The summed E-state index contributed by atoms with van der Waals surface area (Å²) in [5.74, 6) is 1.51. The molecule has 0 radical (unpaired) electrons. The van der Waals surface area contributed by atoms with Crippen molar-refractivity contribution < 1.29 is 9.53 Å². The van der Waals surface area contributed by atoms with Gasteiger partial charge in [-0.25, -0.2) is 4.98 Å². The average Bonchev–Trinajstić information content (AvgIpc) is 3.43. The Morgan fingerprint density at radius 2 is 2.12 bits per heavy atom. The minimum atomic E-state index is 0.0111. The van der Waals surface area contributed by atoms with Crippen molar-refractivity contribution in [3.05, 3.63) is 24.3 Å². The van der Waals surface area contributed by atoms with E-state index >= 15 is 0 Å². The quantitative estimate of drug-likeness (QED) is 0.788. The molecule has 1 saturated carbocycles. The van der Waals surface area contributed by atoms with E-state index in [0.717, 1.165) is 45.2 Å². The molecule has 4 rings (SSSR count). The number of hydrogen-bond donors (Lipinski definition) is 0. The van der Waals surface area contributed by atoms with Crippen LogP contribution >= 0.6 is 0 Å². The van der Waals surface area contributed by atoms with Crippen molar-refractivity contribution in [3.8, 4) is 0 Å². The maximum atomic E-state index is 12.6. The highest BCUT2D eigenvalue weighted by Gasteiger charge is 2.53. The second-order valence-corrected chi connectivity index (χ2v) is 7.88. The summed E-state index contributed by atoms with van der Waals surface area (Å²) in [5, 5.41) is 0. The van der Waals surface area contributed by atoms with Crippen molar-refractivity contribution in [1.29, 1.82) is 0 Å². The minimum Gasteiger partial charge on any atom is -0.381 e. The highest BCUT2D eigenvalue weighted by Crippen LogP contribution is 2.42. The van der Waals surface area contributed by atoms with Gasteiger partial charge in [0.2, 0.25) is 0 Å². The zero-order chi connectivity index (χ0) is 17.3. The van der Waals surface area contributed by atoms with Crippen molar-refractivity contribution in [1.82, 2.24) is 19.8 Å². The Kier molecular flexibility index (Phi) is 4.73. The molecule has 136 valence electrons. The normalized spacial score (nSPS) is 25.8. The molecule has 6 nitrogen and oxygen atoms in total. The van der Waals surface area contributed by atoms with Crippen LogP contribution in [0, 0.1) is 11.8 Å². The molecule has 3 aliphatic rings. The first kappa shape index (κ1) is 16.9. The number of carbonyl (C=O) groups is 1. The smallest absolute Gasteiger partial charge is 0.274 e. The number of carbonyl (C=O) groups excluding carboxylic acids is 1. The first-order chi connectivity index (χ1) is 12.2. The van der Waals surface area contributed by atoms with Gasteiger partial charge in [-0.3, -0.25) is 14.7 Å². The predicted molar refractivity (Wildman–Crippen MR) is 94.2 cm³/mol. The van der Waals surface area contributed by atoms with Gasteiger partial charge in [0.05, 0.1) is 11.7 Å². The molecule has 1 amide bonds. The number of nitrogens with zero attached hydrogens (tertiary/aromatic N) is 4. The van der Waals surface area contributed by atoms with Gasteiger partial charge in [0, 0.05) is 45.2 Å². The van der Waals surface area contributed by atoms with Crippen molar-refractivity contribution in [2.45, 2.75) is 38.1 Å². The van der Waals surface area contributed by atoms with E-state index in [1.54, 1.807) is 18.6 Å². The molecule has 2 aliphatic heterocycles. The lowest BCUT2D eigenvalue weighted by Gasteiger charge is -2.59. The van der Waals surface area contributed by atoms with Crippen LogP contribution in [0.5, 0.6) is 0 Å². The Balaban J connectivity index is 1.42. The van der Waals surface area contributed by atoms with Crippen LogP contribution in [0.25, 0.3) is 0 Å². The van der Waals surface area contributed by atoms with Gasteiger partial charge in [0.1, 0.15) is 5.69 Å². The first-order valence-corrected chi connectivity index (χ1v) is 9.58. The fourth-order valence-corrected chi connectivity index (χ4v) is 4.38. The van der Waals surface area contributed by atoms with E-state index in [9.17, 15) is 4.79 Å². The summed E-state index contributed by atoms with van der Waals surface area (Å²) < 4.78 is 5.69. The van der Waals surface area contributed by atoms with E-state index in [4.69, 9.17) is 4.74 Å². The lowest BCUT2D eigenvalue weighted by Crippen LogP contribution is -2.73. The van der Waals surface area contributed by atoms with Gasteiger partial charge in [-0.2, -0.15) is 0 Å². The number of likely N-dealkylation sites (tertiary alicyclic amines) is 2. The monoisotopic (exact) mass is 344 g/mol. The molecule has 1 aliphatic carbocycles. The van der Waals surface area contributed by atoms with E-state index in [1.165, 1.54) is 25.8 Å². The molecule has 0 N–H and O–H groups in total. The van der Waals surface area contributed by atoms with E-state index in [0.29, 0.717) is 11.6 Å². The third kappa shape index (κ3) is 3.55. The Morgan fingerprint density at radius 3 is 2.80 bits per heavy atom. The average molecular weight is 344 g/mol. The fraction of sp³-hybridized carbons (Fsp3) is 0.737. The van der Waals surface area contributed by atoms with E-state index in [1.807, 2.05) is 4.90 Å². The number of piperidine rings is 1. The molecule has 1 aromatic heterocycles. The van der Waals surface area contributed by atoms with Gasteiger partial charge in [-0.15, -0.1) is 0 Å². The van der Waals surface area contributed by atoms with Gasteiger partial charge in [0.15, 0.2) is 0 Å². The maximum absolute atomic E-state index is 12.6. The number of aromatic nitrogens is 2. The van der Waals surface area contributed by atoms with Crippen LogP contribution in [0.15, 0.2) is 18.6 Å². The molecular weight excluding hydrogens is 316 g/mol. The number of rotatable bonds is 6. The standard InChI is InChI=1S/C19H28N4O2/c1-2-25-12-16-5-8-23(11-15-3-4-15)19(9-16)13-22(14-19)18(24)17-10-20-6-7-21-17/h6-7,10,15-16H,2-5,8-9,11-14H2,1H3/t16-/m0/s1. The second kappa shape index (κ2) is 7.00. The van der Waals surface area contributed by atoms with Gasteiger partial charge in [-0.05, 0) is 51.0 Å². The number of hydrogen-bond acceptors (Lipinski definition) is 5. The molecular formula is C19H28N4O2. The fourth-order valence-electron chi connectivity index (χ4n) is 4.38. The van der Waals surface area contributed by atoms with Gasteiger partial charge in [-0.1, -0.05) is 0 Å². The van der Waals surface area contributed by atoms with Crippen molar-refractivity contribution in [2.75, 3.05) is 39.4 Å². The van der Waals surface area contributed by atoms with Gasteiger partial charge >= 0.3 is 0 Å². The van der Waals surface area contributed by atoms with Crippen molar-refractivity contribution in [2.24, 2.45) is 11.8 Å². The highest BCUT2D eigenvalue weighted by molar-refractivity contribution is 5.92. The molecule has 0 unspecified atom stereocenters. The SMILES string of the molecule is CCOC[C@H]1CCN(CC2CC2)C2(C1)CN(C(=O)c1cnccn1)C2. The van der Waals surface area contributed by atoms with Crippen molar-refractivity contribution in [3.63, 3.8) is 0 Å². The van der Waals surface area contributed by atoms with Crippen LogP contribution in [0.3, 0.4) is 0 Å². The van der Waals surface area contributed by atoms with Crippen LogP contribution in [0.1, 0.15) is 43.1 Å². The number of amides is 1. The van der Waals surface area contributed by atoms with Crippen LogP contribution in [0.2, 0.25) is 0 Å². The molecule has 6 heteroatoms. The van der Waals surface area contributed by atoms with Crippen molar-refractivity contribution >= 4 is 5.91 Å². The zero-order valence-electron chi connectivity index (χ0n) is 15.1. The Morgan fingerprint density at radius 1 is 1.28 bits per heavy atom. The van der Waals surface area contributed by atoms with Gasteiger partial charge < -0.3 is 9.64 Å². The first-order valence-electron chi connectivity index (χ1n) is 9.58. The maximum Gasteiger partial charge on any atom is 0.274 e. The van der Waals surface area contributed by atoms with Crippen LogP contribution in [-0.4, -0.2) is 70.6 Å². The summed E-state index contributed by atoms with van der Waals surface area (Å²) in [6.45, 7) is 7.67. The molecule has 1 aromatic rings. The van der Waals surface area contributed by atoms with E-state index < -0.39 is 0 Å². The predicted octanol–water partition coefficient (Wildman–Crippen LogP) is 1.83. The highest BCUT2D eigenvalue weighted by atomic mass is 16.5. The molecule has 25 heavy (non-hydrogen) atoms. The number of ether oxygens (including phenoxy) is 1. The third-order valence-electron chi connectivity index (χ3n) is 5.92. The summed E-state index contributed by atoms with van der Waals surface area (Å²) in [4.78, 5) is 25.4.